The molecule has 1 aromatic heterocycles. The van der Waals surface area contributed by atoms with E-state index in [1.54, 1.807) is 28.7 Å². The van der Waals surface area contributed by atoms with Gasteiger partial charge in [0, 0.05) is 0 Å². The van der Waals surface area contributed by atoms with Crippen LogP contribution in [0.1, 0.15) is 5.56 Å². The van der Waals surface area contributed by atoms with Crippen LogP contribution in [0.15, 0.2) is 4.79 Å². The Labute approximate surface area is 74.8 Å². The van der Waals surface area contributed by atoms with E-state index in [4.69, 9.17) is 10.4 Å². The molecular weight excluding hydrogens is 261 g/mol. The number of halogens is 1. The number of aromatic amines is 1. The van der Waals surface area contributed by atoms with Crippen molar-refractivity contribution in [1.29, 1.82) is 5.26 Å². The molecule has 2 N–H and O–H groups in total. The van der Waals surface area contributed by atoms with Gasteiger partial charge in [-0.3, -0.25) is 4.79 Å². The summed E-state index contributed by atoms with van der Waals surface area (Å²) in [5, 5.41) is 22.9. The van der Waals surface area contributed by atoms with Gasteiger partial charge in [0.15, 0.2) is 15.0 Å². The minimum Gasteiger partial charge on any atom is -0.504 e. The lowest BCUT2D eigenvalue weighted by Gasteiger charge is -1.94. The zero-order valence-electron chi connectivity index (χ0n) is 5.13. The van der Waals surface area contributed by atoms with Crippen molar-refractivity contribution in [3.8, 4) is 11.8 Å². The highest BCUT2D eigenvalue weighted by Gasteiger charge is 2.09. The Morgan fingerprint density at radius 2 is 2.36 bits per heavy atom. The fraction of sp³-hybridized carbons (Fsp3) is 0. The number of nitriles is 1. The van der Waals surface area contributed by atoms with Crippen LogP contribution in [0.4, 0.5) is 0 Å². The van der Waals surface area contributed by atoms with Crippen LogP contribution >= 0.6 is 22.6 Å². The fourth-order valence-corrected chi connectivity index (χ4v) is 0.913. The second kappa shape index (κ2) is 2.87. The molecule has 0 aliphatic heterocycles. The molecule has 0 aromatic carbocycles. The molecule has 0 aliphatic rings. The summed E-state index contributed by atoms with van der Waals surface area (Å²) in [6, 6.07) is 1.57. The van der Waals surface area contributed by atoms with Gasteiger partial charge in [-0.2, -0.15) is 10.4 Å². The smallest absolute Gasteiger partial charge is 0.285 e. The largest absolute Gasteiger partial charge is 0.504 e. The highest BCUT2D eigenvalue weighted by Crippen LogP contribution is 2.16. The van der Waals surface area contributed by atoms with Crippen molar-refractivity contribution >= 4 is 22.6 Å². The SMILES string of the molecule is N#Cc1c(O)c(I)n[nH]c1=O. The maximum Gasteiger partial charge on any atom is 0.285 e. The van der Waals surface area contributed by atoms with Gasteiger partial charge in [0.2, 0.25) is 0 Å². The summed E-state index contributed by atoms with van der Waals surface area (Å²) in [6.45, 7) is 0. The third-order valence-electron chi connectivity index (χ3n) is 1.03. The van der Waals surface area contributed by atoms with Crippen molar-refractivity contribution in [2.75, 3.05) is 0 Å². The van der Waals surface area contributed by atoms with E-state index in [9.17, 15) is 4.79 Å². The van der Waals surface area contributed by atoms with Gasteiger partial charge in [0.05, 0.1) is 0 Å². The van der Waals surface area contributed by atoms with Gasteiger partial charge in [-0.05, 0) is 22.6 Å². The number of nitrogens with zero attached hydrogens (tertiary/aromatic N) is 2. The number of H-pyrrole nitrogens is 1. The molecule has 0 unspecified atom stereocenters. The Morgan fingerprint density at radius 1 is 1.73 bits per heavy atom. The highest BCUT2D eigenvalue weighted by atomic mass is 127. The monoisotopic (exact) mass is 263 g/mol. The Morgan fingerprint density at radius 3 is 2.82 bits per heavy atom. The number of rotatable bonds is 0. The van der Waals surface area contributed by atoms with Crippen LogP contribution in [0.25, 0.3) is 0 Å². The molecule has 56 valence electrons. The number of aromatic nitrogens is 2. The Bertz CT molecular complexity index is 378. The molecule has 5 nitrogen and oxygen atoms in total. The molecule has 0 spiro atoms. The lowest BCUT2D eigenvalue weighted by molar-refractivity contribution is 0.462. The molecule has 0 saturated heterocycles. The van der Waals surface area contributed by atoms with Crippen molar-refractivity contribution in [3.63, 3.8) is 0 Å². The molecule has 1 aromatic rings. The first-order valence-electron chi connectivity index (χ1n) is 2.54. The van der Waals surface area contributed by atoms with Gasteiger partial charge >= 0.3 is 0 Å². The third-order valence-corrected chi connectivity index (χ3v) is 1.78. The number of hydrogen-bond acceptors (Lipinski definition) is 4. The highest BCUT2D eigenvalue weighted by molar-refractivity contribution is 14.1. The molecule has 0 fully saturated rings. The van der Waals surface area contributed by atoms with E-state index in [0.717, 1.165) is 0 Å². The number of hydrogen-bond donors (Lipinski definition) is 2. The van der Waals surface area contributed by atoms with E-state index >= 15 is 0 Å². The molecule has 1 rings (SSSR count). The number of nitrogens with one attached hydrogen (secondary N) is 1. The van der Waals surface area contributed by atoms with Crippen molar-refractivity contribution < 1.29 is 5.11 Å². The van der Waals surface area contributed by atoms with Gasteiger partial charge in [-0.1, -0.05) is 0 Å². The standard InChI is InChI=1S/C5H2IN3O2/c6-4-3(10)2(1-7)5(11)9-8-4/h(H2,9,10,11). The van der Waals surface area contributed by atoms with Crippen LogP contribution in [-0.2, 0) is 0 Å². The third kappa shape index (κ3) is 1.32. The minimum atomic E-state index is -0.676. The summed E-state index contributed by atoms with van der Waals surface area (Å²) >= 11 is 1.71. The van der Waals surface area contributed by atoms with Crippen LogP contribution < -0.4 is 5.56 Å². The quantitative estimate of drug-likeness (QED) is 0.642. The average Bonchev–Trinajstić information content (AvgIpc) is 1.99. The summed E-state index contributed by atoms with van der Waals surface area (Å²) < 4.78 is 0.207. The zero-order chi connectivity index (χ0) is 8.43. The normalized spacial score (nSPS) is 9.09. The lowest BCUT2D eigenvalue weighted by atomic mass is 10.3. The maximum absolute atomic E-state index is 10.7. The molecule has 0 saturated carbocycles. The van der Waals surface area contributed by atoms with Gasteiger partial charge in [0.25, 0.3) is 5.56 Å². The van der Waals surface area contributed by atoms with E-state index in [1.165, 1.54) is 0 Å². The molecule has 0 amide bonds. The number of aromatic hydroxyl groups is 1. The average molecular weight is 263 g/mol. The Hall–Kier alpha value is -1.10. The summed E-state index contributed by atoms with van der Waals surface area (Å²) in [5.41, 5.74) is -0.977. The Balaban J connectivity index is 3.57. The topological polar surface area (TPSA) is 89.8 Å². The predicted molar refractivity (Wildman–Crippen MR) is 44.0 cm³/mol. The first-order chi connectivity index (χ1) is 5.16. The first kappa shape index (κ1) is 8.00. The Kier molecular flexibility index (Phi) is 2.09. The molecular formula is C5H2IN3O2. The molecule has 6 heteroatoms. The molecule has 0 radical (unpaired) electrons. The van der Waals surface area contributed by atoms with Gasteiger partial charge in [-0.15, -0.1) is 0 Å². The van der Waals surface area contributed by atoms with Crippen molar-refractivity contribution in [2.45, 2.75) is 0 Å². The minimum absolute atomic E-state index is 0.207. The molecule has 1 heterocycles. The van der Waals surface area contributed by atoms with Crippen LogP contribution in [-0.4, -0.2) is 15.3 Å². The summed E-state index contributed by atoms with van der Waals surface area (Å²) in [4.78, 5) is 10.7. The van der Waals surface area contributed by atoms with Gasteiger partial charge in [0.1, 0.15) is 6.07 Å². The fourth-order valence-electron chi connectivity index (χ4n) is 0.523. The van der Waals surface area contributed by atoms with E-state index in [-0.39, 0.29) is 15.0 Å². The van der Waals surface area contributed by atoms with Gasteiger partial charge < -0.3 is 5.11 Å². The van der Waals surface area contributed by atoms with Crippen molar-refractivity contribution in [3.05, 3.63) is 19.6 Å². The van der Waals surface area contributed by atoms with Crippen LogP contribution in [0.3, 0.4) is 0 Å². The predicted octanol–water partition coefficient (Wildman–Crippen LogP) is -0.0482. The zero-order valence-corrected chi connectivity index (χ0v) is 7.29. The van der Waals surface area contributed by atoms with E-state index in [0.29, 0.717) is 0 Å². The lowest BCUT2D eigenvalue weighted by Crippen LogP contribution is -2.12. The second-order valence-electron chi connectivity index (χ2n) is 1.68. The maximum atomic E-state index is 10.7. The van der Waals surface area contributed by atoms with Crippen LogP contribution in [0.2, 0.25) is 0 Å². The van der Waals surface area contributed by atoms with Crippen LogP contribution in [0, 0.1) is 15.0 Å². The van der Waals surface area contributed by atoms with E-state index in [1.807, 2.05) is 0 Å². The first-order valence-corrected chi connectivity index (χ1v) is 3.62. The van der Waals surface area contributed by atoms with Gasteiger partial charge in [-0.25, -0.2) is 5.10 Å². The van der Waals surface area contributed by atoms with E-state index in [2.05, 4.69) is 10.2 Å². The van der Waals surface area contributed by atoms with E-state index < -0.39 is 5.56 Å². The molecule has 0 aliphatic carbocycles. The molecule has 11 heavy (non-hydrogen) atoms. The van der Waals surface area contributed by atoms with Crippen LogP contribution in [0.5, 0.6) is 5.75 Å². The summed E-state index contributed by atoms with van der Waals surface area (Å²) in [5.74, 6) is -0.364. The molecule has 0 atom stereocenters. The summed E-state index contributed by atoms with van der Waals surface area (Å²) in [6.07, 6.45) is 0. The molecule has 0 bridgehead atoms. The van der Waals surface area contributed by atoms with Crippen molar-refractivity contribution in [2.24, 2.45) is 0 Å². The van der Waals surface area contributed by atoms with Crippen molar-refractivity contribution in [1.82, 2.24) is 10.2 Å². The second-order valence-corrected chi connectivity index (χ2v) is 2.70. The summed E-state index contributed by atoms with van der Waals surface area (Å²) in [7, 11) is 0.